The van der Waals surface area contributed by atoms with Gasteiger partial charge in [0.25, 0.3) is 0 Å². The minimum absolute atomic E-state index is 0.0599. The molecule has 0 unspecified atom stereocenters. The summed E-state index contributed by atoms with van der Waals surface area (Å²) in [5, 5.41) is 10.4. The number of benzene rings is 3. The number of nitrogens with zero attached hydrogens (tertiary/aromatic N) is 1. The van der Waals surface area contributed by atoms with E-state index in [0.29, 0.717) is 29.5 Å². The molecule has 58 heavy (non-hydrogen) atoms. The number of hydrogen-bond donors (Lipinski definition) is 1. The van der Waals surface area contributed by atoms with Crippen LogP contribution in [0.4, 0.5) is 4.79 Å². The van der Waals surface area contributed by atoms with Crippen molar-refractivity contribution < 1.29 is 57.1 Å². The number of furan rings is 1. The molecule has 310 valence electrons. The SMILES string of the molecule is CO[C@H]1O[C@H](CO)[C@@H](OCc2ccccc2)[C@H](OCc2ccccc2)[C@@H]1OCCCc1oc([C@@H](OC(C)=O)[C@H](C)C(=O)N2C(=O)OC[C@@H]2Cc2ccccc2)cc1Br. The number of aliphatic hydroxyl groups is 1. The fraction of sp³-hybridized carbons (Fsp3) is 0.432. The van der Waals surface area contributed by atoms with Gasteiger partial charge in [-0.2, -0.15) is 0 Å². The van der Waals surface area contributed by atoms with Gasteiger partial charge in [0.15, 0.2) is 12.4 Å². The van der Waals surface area contributed by atoms with Crippen molar-refractivity contribution in [3.63, 3.8) is 0 Å². The number of amides is 2. The minimum atomic E-state index is -1.12. The predicted octanol–water partition coefficient (Wildman–Crippen LogP) is 6.72. The normalized spacial score (nSPS) is 23.0. The van der Waals surface area contributed by atoms with E-state index in [1.807, 2.05) is 91.0 Å². The van der Waals surface area contributed by atoms with Crippen LogP contribution in [0, 0.1) is 5.92 Å². The lowest BCUT2D eigenvalue weighted by Gasteiger charge is -2.45. The van der Waals surface area contributed by atoms with Crippen molar-refractivity contribution in [1.82, 2.24) is 4.90 Å². The van der Waals surface area contributed by atoms with Crippen molar-refractivity contribution in [3.05, 3.63) is 130 Å². The first kappa shape index (κ1) is 43.2. The molecule has 8 atom stereocenters. The molecule has 1 N–H and O–H groups in total. The van der Waals surface area contributed by atoms with Crippen molar-refractivity contribution in [2.75, 3.05) is 26.9 Å². The Morgan fingerprint density at radius 3 is 2.07 bits per heavy atom. The topological polar surface area (TPSA) is 152 Å². The molecule has 6 rings (SSSR count). The number of ether oxygens (including phenoxy) is 7. The lowest BCUT2D eigenvalue weighted by Crippen LogP contribution is -2.61. The highest BCUT2D eigenvalue weighted by Gasteiger charge is 2.49. The van der Waals surface area contributed by atoms with E-state index in [1.165, 1.54) is 14.0 Å². The van der Waals surface area contributed by atoms with Gasteiger partial charge in [0.1, 0.15) is 42.5 Å². The van der Waals surface area contributed by atoms with Crippen LogP contribution in [0.2, 0.25) is 0 Å². The second-order valence-electron chi connectivity index (χ2n) is 14.3. The third-order valence-electron chi connectivity index (χ3n) is 10.1. The van der Waals surface area contributed by atoms with Gasteiger partial charge in [-0.15, -0.1) is 0 Å². The maximum Gasteiger partial charge on any atom is 0.416 e. The summed E-state index contributed by atoms with van der Waals surface area (Å²) in [6.45, 7) is 3.36. The summed E-state index contributed by atoms with van der Waals surface area (Å²) in [4.78, 5) is 40.1. The van der Waals surface area contributed by atoms with Gasteiger partial charge in [-0.05, 0) is 58.5 Å². The van der Waals surface area contributed by atoms with Crippen molar-refractivity contribution in [2.45, 2.75) is 89.2 Å². The number of aryl methyl sites for hydroxylation is 1. The van der Waals surface area contributed by atoms with Crippen LogP contribution in [-0.4, -0.2) is 91.7 Å². The molecule has 0 spiro atoms. The monoisotopic (exact) mass is 863 g/mol. The number of rotatable bonds is 19. The largest absolute Gasteiger partial charge is 0.461 e. The van der Waals surface area contributed by atoms with Crippen molar-refractivity contribution in [2.24, 2.45) is 5.92 Å². The minimum Gasteiger partial charge on any atom is -0.461 e. The maximum atomic E-state index is 13.9. The summed E-state index contributed by atoms with van der Waals surface area (Å²) in [6, 6.07) is 30.1. The Kier molecular flexibility index (Phi) is 15.7. The maximum absolute atomic E-state index is 13.9. The Hall–Kier alpha value is -4.41. The molecule has 2 saturated heterocycles. The van der Waals surface area contributed by atoms with E-state index in [2.05, 4.69) is 15.9 Å². The molecular weight excluding hydrogens is 814 g/mol. The highest BCUT2D eigenvalue weighted by molar-refractivity contribution is 9.10. The van der Waals surface area contributed by atoms with Crippen LogP contribution in [0.5, 0.6) is 0 Å². The van der Waals surface area contributed by atoms with Crippen molar-refractivity contribution >= 4 is 33.9 Å². The third-order valence-corrected chi connectivity index (χ3v) is 10.8. The van der Waals surface area contributed by atoms with Gasteiger partial charge < -0.3 is 42.7 Å². The summed E-state index contributed by atoms with van der Waals surface area (Å²) in [5.41, 5.74) is 2.86. The van der Waals surface area contributed by atoms with Gasteiger partial charge in [-0.25, -0.2) is 9.69 Å². The highest BCUT2D eigenvalue weighted by atomic mass is 79.9. The number of imide groups is 1. The molecule has 14 heteroatoms. The van der Waals surface area contributed by atoms with Crippen molar-refractivity contribution in [1.29, 1.82) is 0 Å². The average molecular weight is 865 g/mol. The molecule has 2 fully saturated rings. The van der Waals surface area contributed by atoms with Gasteiger partial charge >= 0.3 is 12.1 Å². The molecule has 1 aromatic heterocycles. The van der Waals surface area contributed by atoms with Crippen LogP contribution in [0.15, 0.2) is 106 Å². The molecule has 0 saturated carbocycles. The summed E-state index contributed by atoms with van der Waals surface area (Å²) >= 11 is 3.58. The Bertz CT molecular complexity index is 1910. The Balaban J connectivity index is 1.13. The smallest absolute Gasteiger partial charge is 0.416 e. The molecule has 2 amide bonds. The number of hydrogen-bond acceptors (Lipinski definition) is 12. The first-order valence-electron chi connectivity index (χ1n) is 19.4. The highest BCUT2D eigenvalue weighted by Crippen LogP contribution is 2.36. The van der Waals surface area contributed by atoms with Gasteiger partial charge in [-0.3, -0.25) is 9.59 Å². The van der Waals surface area contributed by atoms with E-state index in [4.69, 9.17) is 37.6 Å². The zero-order valence-electron chi connectivity index (χ0n) is 32.8. The van der Waals surface area contributed by atoms with E-state index in [9.17, 15) is 19.5 Å². The molecule has 3 heterocycles. The van der Waals surface area contributed by atoms with Crippen LogP contribution >= 0.6 is 15.9 Å². The van der Waals surface area contributed by atoms with Gasteiger partial charge in [0.05, 0.1) is 36.3 Å². The van der Waals surface area contributed by atoms with E-state index < -0.39 is 66.7 Å². The molecule has 0 bridgehead atoms. The second-order valence-corrected chi connectivity index (χ2v) is 15.1. The lowest BCUT2D eigenvalue weighted by atomic mass is 9.98. The molecular formula is C44H50BrNO12. The second kappa shape index (κ2) is 21.0. The quantitative estimate of drug-likeness (QED) is 0.0787. The zero-order valence-corrected chi connectivity index (χ0v) is 34.4. The van der Waals surface area contributed by atoms with E-state index in [1.54, 1.807) is 13.0 Å². The first-order valence-corrected chi connectivity index (χ1v) is 20.2. The number of cyclic esters (lactones) is 1. The first-order chi connectivity index (χ1) is 28.2. The van der Waals surface area contributed by atoms with Crippen LogP contribution in [0.25, 0.3) is 0 Å². The molecule has 13 nitrogen and oxygen atoms in total. The molecule has 0 radical (unpaired) electrons. The van der Waals surface area contributed by atoms with Crippen molar-refractivity contribution in [3.8, 4) is 0 Å². The van der Waals surface area contributed by atoms with Crippen LogP contribution in [-0.2, 0) is 68.8 Å². The van der Waals surface area contributed by atoms with Crippen LogP contribution < -0.4 is 0 Å². The fourth-order valence-corrected chi connectivity index (χ4v) is 7.71. The fourth-order valence-electron chi connectivity index (χ4n) is 7.21. The lowest BCUT2D eigenvalue weighted by molar-refractivity contribution is -0.319. The number of methoxy groups -OCH3 is 1. The Labute approximate surface area is 346 Å². The number of carbonyl (C=O) groups excluding carboxylic acids is 3. The van der Waals surface area contributed by atoms with E-state index in [-0.39, 0.29) is 38.8 Å². The molecule has 2 aliphatic rings. The summed E-state index contributed by atoms with van der Waals surface area (Å²) in [7, 11) is 1.51. The Morgan fingerprint density at radius 1 is 0.879 bits per heavy atom. The summed E-state index contributed by atoms with van der Waals surface area (Å²) in [6.07, 6.45) is -4.24. The number of carbonyl (C=O) groups is 3. The van der Waals surface area contributed by atoms with Crippen LogP contribution in [0.3, 0.4) is 0 Å². The zero-order chi connectivity index (χ0) is 41.0. The standard InChI is InChI=1S/C44H50BrNO12/c1-28(42(49)46-33(27-55-44(46)50)22-30-14-7-4-8-15-30)38(56-29(2)48)36-23-34(45)35(57-36)20-13-21-52-41-40(54-26-32-18-11-6-12-19-32)39(37(24-47)58-43(41)51-3)53-25-31-16-9-5-10-17-31/h4-12,14-19,23,28,33,37-41,43,47H,13,20-22,24-27H2,1-3H3/t28-,33-,37+,38-,39+,40-,41-,43-/m0/s1. The summed E-state index contributed by atoms with van der Waals surface area (Å²) < 4.78 is 49.1. The average Bonchev–Trinajstić information content (AvgIpc) is 3.80. The van der Waals surface area contributed by atoms with Gasteiger partial charge in [0, 0.05) is 27.1 Å². The number of aliphatic hydroxyl groups excluding tert-OH is 1. The predicted molar refractivity (Wildman–Crippen MR) is 213 cm³/mol. The molecule has 4 aromatic rings. The van der Waals surface area contributed by atoms with Crippen LogP contribution in [0.1, 0.15) is 54.6 Å². The third kappa shape index (κ3) is 11.0. The van der Waals surface area contributed by atoms with Gasteiger partial charge in [0.2, 0.25) is 5.91 Å². The summed E-state index contributed by atoms with van der Waals surface area (Å²) in [5.74, 6) is -1.35. The van der Waals surface area contributed by atoms with E-state index >= 15 is 0 Å². The van der Waals surface area contributed by atoms with Gasteiger partial charge in [-0.1, -0.05) is 91.0 Å². The number of esters is 1. The Morgan fingerprint density at radius 2 is 1.48 bits per heavy atom. The number of halogens is 1. The molecule has 2 aliphatic heterocycles. The molecule has 3 aromatic carbocycles. The van der Waals surface area contributed by atoms with E-state index in [0.717, 1.165) is 21.6 Å². The molecule has 0 aliphatic carbocycles.